The van der Waals surface area contributed by atoms with Crippen LogP contribution in [0.1, 0.15) is 12.8 Å². The van der Waals surface area contributed by atoms with E-state index in [0.29, 0.717) is 44.0 Å². The Hall–Kier alpha value is -2.93. The Labute approximate surface area is 187 Å². The number of nitrogens with zero attached hydrogens (tertiary/aromatic N) is 5. The number of piperidine rings is 2. The number of nitrogens with two attached hydrogens (primary N) is 4. The summed E-state index contributed by atoms with van der Waals surface area (Å²) in [5, 5.41) is 0. The number of methoxy groups -OCH3 is 1. The van der Waals surface area contributed by atoms with Gasteiger partial charge in [-0.3, -0.25) is 10.9 Å². The van der Waals surface area contributed by atoms with Crippen LogP contribution in [0.15, 0.2) is 24.3 Å². The molecular weight excluding hydrogens is 410 g/mol. The minimum atomic E-state index is -0.0374. The lowest BCUT2D eigenvalue weighted by atomic mass is 10.0. The first-order valence-corrected chi connectivity index (χ1v) is 10.8. The molecule has 0 saturated carbocycles. The second-order valence-electron chi connectivity index (χ2n) is 8.56. The molecule has 32 heavy (non-hydrogen) atoms. The SMILES string of the molecule is COc1ccc(NNc2nc(N3C[C@H](N)C[C@H](N)C3)nc(N3C[C@H](N)C[C@H](N)C3)n2)cc1. The van der Waals surface area contributed by atoms with E-state index in [0.717, 1.165) is 24.3 Å². The number of anilines is 4. The second-order valence-corrected chi connectivity index (χ2v) is 8.56. The number of hydrogen-bond acceptors (Lipinski definition) is 12. The van der Waals surface area contributed by atoms with Crippen molar-refractivity contribution >= 4 is 23.5 Å². The van der Waals surface area contributed by atoms with Gasteiger partial charge in [0.15, 0.2) is 0 Å². The molecule has 0 amide bonds. The lowest BCUT2D eigenvalue weighted by Crippen LogP contribution is -2.54. The maximum absolute atomic E-state index is 6.19. The highest BCUT2D eigenvalue weighted by Gasteiger charge is 2.28. The zero-order valence-electron chi connectivity index (χ0n) is 18.3. The van der Waals surface area contributed by atoms with Crippen LogP contribution >= 0.6 is 0 Å². The fourth-order valence-corrected chi connectivity index (χ4v) is 4.18. The first kappa shape index (κ1) is 22.3. The van der Waals surface area contributed by atoms with E-state index in [1.165, 1.54) is 0 Å². The highest BCUT2D eigenvalue weighted by molar-refractivity contribution is 5.52. The molecule has 2 aliphatic heterocycles. The number of hydrazine groups is 1. The number of nitrogens with one attached hydrogen (secondary N) is 2. The Morgan fingerprint density at radius 2 is 1.22 bits per heavy atom. The van der Waals surface area contributed by atoms with Gasteiger partial charge < -0.3 is 37.5 Å². The fraction of sp³-hybridized carbons (Fsp3) is 0.550. The van der Waals surface area contributed by atoms with Crippen LogP contribution in [0.25, 0.3) is 0 Å². The molecule has 2 aromatic rings. The molecule has 0 bridgehead atoms. The van der Waals surface area contributed by atoms with Crippen LogP contribution in [0.3, 0.4) is 0 Å². The molecule has 2 aliphatic rings. The van der Waals surface area contributed by atoms with E-state index in [-0.39, 0.29) is 24.2 Å². The van der Waals surface area contributed by atoms with Crippen LogP contribution in [-0.4, -0.2) is 72.4 Å². The Morgan fingerprint density at radius 3 is 1.66 bits per heavy atom. The lowest BCUT2D eigenvalue weighted by molar-refractivity contribution is 0.415. The van der Waals surface area contributed by atoms with Crippen molar-refractivity contribution in [2.45, 2.75) is 37.0 Å². The van der Waals surface area contributed by atoms with Gasteiger partial charge in [-0.15, -0.1) is 0 Å². The van der Waals surface area contributed by atoms with Crippen LogP contribution in [-0.2, 0) is 0 Å². The minimum absolute atomic E-state index is 0.0374. The van der Waals surface area contributed by atoms with Gasteiger partial charge in [0, 0.05) is 50.3 Å². The topological polar surface area (TPSA) is 183 Å². The number of hydrogen-bond donors (Lipinski definition) is 6. The normalized spacial score (nSPS) is 26.0. The van der Waals surface area contributed by atoms with Crippen LogP contribution in [0.5, 0.6) is 5.75 Å². The highest BCUT2D eigenvalue weighted by Crippen LogP contribution is 2.22. The third kappa shape index (κ3) is 5.46. The molecule has 174 valence electrons. The van der Waals surface area contributed by atoms with Gasteiger partial charge in [-0.05, 0) is 37.1 Å². The van der Waals surface area contributed by atoms with E-state index in [1.54, 1.807) is 7.11 Å². The molecule has 12 nitrogen and oxygen atoms in total. The summed E-state index contributed by atoms with van der Waals surface area (Å²) in [6, 6.07) is 7.35. The van der Waals surface area contributed by atoms with Gasteiger partial charge in [0.25, 0.3) is 0 Å². The summed E-state index contributed by atoms with van der Waals surface area (Å²) in [6.07, 6.45) is 1.54. The Morgan fingerprint density at radius 1 is 0.750 bits per heavy atom. The van der Waals surface area contributed by atoms with E-state index in [1.807, 2.05) is 34.1 Å². The third-order valence-electron chi connectivity index (χ3n) is 5.62. The summed E-state index contributed by atoms with van der Waals surface area (Å²) in [7, 11) is 1.63. The molecule has 3 heterocycles. The molecule has 0 radical (unpaired) electrons. The minimum Gasteiger partial charge on any atom is -0.497 e. The molecule has 0 spiro atoms. The quantitative estimate of drug-likeness (QED) is 0.301. The summed E-state index contributed by atoms with van der Waals surface area (Å²) in [5.41, 5.74) is 31.8. The van der Waals surface area contributed by atoms with E-state index >= 15 is 0 Å². The number of ether oxygens (including phenoxy) is 1. The molecule has 2 saturated heterocycles. The van der Waals surface area contributed by atoms with Crippen molar-refractivity contribution < 1.29 is 4.74 Å². The van der Waals surface area contributed by atoms with Crippen LogP contribution in [0.4, 0.5) is 23.5 Å². The average molecular weight is 444 g/mol. The standard InChI is InChI=1S/C20H33N11O/c1-32-17-4-2-16(3-5-17)28-29-18-25-19(30-8-12(21)6-13(22)9-30)27-20(26-18)31-10-14(23)7-15(24)11-31/h2-5,12-15,28H,6-11,21-24H2,1H3,(H,25,26,27,29)/t12-,13+,14-,15+. The number of rotatable bonds is 6. The highest BCUT2D eigenvalue weighted by atomic mass is 16.5. The monoisotopic (exact) mass is 443 g/mol. The van der Waals surface area contributed by atoms with E-state index in [2.05, 4.69) is 20.8 Å². The molecule has 4 atom stereocenters. The second kappa shape index (κ2) is 9.69. The Kier molecular flexibility index (Phi) is 6.74. The first-order valence-electron chi connectivity index (χ1n) is 10.8. The van der Waals surface area contributed by atoms with Gasteiger partial charge in [-0.1, -0.05) is 0 Å². The molecule has 4 rings (SSSR count). The van der Waals surface area contributed by atoms with Gasteiger partial charge in [0.05, 0.1) is 12.8 Å². The maximum atomic E-state index is 6.19. The third-order valence-corrected chi connectivity index (χ3v) is 5.62. The molecule has 1 aromatic heterocycles. The van der Waals surface area contributed by atoms with Crippen molar-refractivity contribution in [2.75, 3.05) is 53.9 Å². The largest absolute Gasteiger partial charge is 0.497 e. The van der Waals surface area contributed by atoms with E-state index in [4.69, 9.17) is 32.7 Å². The molecule has 2 fully saturated rings. The zero-order valence-corrected chi connectivity index (χ0v) is 18.3. The predicted molar refractivity (Wildman–Crippen MR) is 126 cm³/mol. The van der Waals surface area contributed by atoms with Crippen molar-refractivity contribution in [1.29, 1.82) is 0 Å². The maximum Gasteiger partial charge on any atom is 0.248 e. The van der Waals surface area contributed by atoms with Crippen LogP contribution < -0.4 is 48.3 Å². The van der Waals surface area contributed by atoms with Gasteiger partial charge in [0.1, 0.15) is 5.75 Å². The zero-order chi connectivity index (χ0) is 22.7. The van der Waals surface area contributed by atoms with Crippen molar-refractivity contribution in [1.82, 2.24) is 15.0 Å². The summed E-state index contributed by atoms with van der Waals surface area (Å²) in [6.45, 7) is 2.51. The molecule has 0 aliphatic carbocycles. The van der Waals surface area contributed by atoms with Crippen molar-refractivity contribution in [3.8, 4) is 5.75 Å². The summed E-state index contributed by atoms with van der Waals surface area (Å²) in [4.78, 5) is 18.0. The lowest BCUT2D eigenvalue weighted by Gasteiger charge is -2.37. The predicted octanol–water partition coefficient (Wildman–Crippen LogP) is -0.951. The molecule has 1 aromatic carbocycles. The summed E-state index contributed by atoms with van der Waals surface area (Å²) >= 11 is 0. The fourth-order valence-electron chi connectivity index (χ4n) is 4.18. The molecular formula is C20H33N11O. The van der Waals surface area contributed by atoms with E-state index < -0.39 is 0 Å². The summed E-state index contributed by atoms with van der Waals surface area (Å²) in [5.74, 6) is 2.19. The van der Waals surface area contributed by atoms with Crippen molar-refractivity contribution in [2.24, 2.45) is 22.9 Å². The molecule has 12 heteroatoms. The number of benzene rings is 1. The molecule has 0 unspecified atom stereocenters. The smallest absolute Gasteiger partial charge is 0.248 e. The Balaban J connectivity index is 1.58. The van der Waals surface area contributed by atoms with Gasteiger partial charge in [-0.25, -0.2) is 0 Å². The van der Waals surface area contributed by atoms with E-state index in [9.17, 15) is 0 Å². The van der Waals surface area contributed by atoms with Crippen molar-refractivity contribution in [3.63, 3.8) is 0 Å². The average Bonchev–Trinajstić information content (AvgIpc) is 2.76. The van der Waals surface area contributed by atoms with Crippen LogP contribution in [0, 0.1) is 0 Å². The van der Waals surface area contributed by atoms with Gasteiger partial charge >= 0.3 is 0 Å². The first-order chi connectivity index (χ1) is 15.4. The summed E-state index contributed by atoms with van der Waals surface area (Å²) < 4.78 is 5.20. The molecule has 10 N–H and O–H groups in total. The van der Waals surface area contributed by atoms with Gasteiger partial charge in [-0.2, -0.15) is 15.0 Å². The van der Waals surface area contributed by atoms with Crippen LogP contribution in [0.2, 0.25) is 0 Å². The number of aromatic nitrogens is 3. The van der Waals surface area contributed by atoms with Crippen molar-refractivity contribution in [3.05, 3.63) is 24.3 Å². The van der Waals surface area contributed by atoms with Gasteiger partial charge in [0.2, 0.25) is 17.8 Å². The Bertz CT molecular complexity index is 831.